The summed E-state index contributed by atoms with van der Waals surface area (Å²) in [5.74, 6) is 0.899. The molecule has 3 atom stereocenters. The molecule has 1 aromatic rings. The molecule has 2 bridgehead atoms. The van der Waals surface area contributed by atoms with E-state index >= 15 is 0 Å². The van der Waals surface area contributed by atoms with Crippen molar-refractivity contribution in [2.75, 3.05) is 20.7 Å². The highest BCUT2D eigenvalue weighted by Gasteiger charge is 2.53. The second-order valence-electron chi connectivity index (χ2n) is 6.47. The maximum absolute atomic E-state index is 8.92. The molecule has 1 saturated carbocycles. The quantitative estimate of drug-likeness (QED) is 0.779. The summed E-state index contributed by atoms with van der Waals surface area (Å²) in [4.78, 5) is 1.68. The molecule has 2 fully saturated rings. The van der Waals surface area contributed by atoms with Gasteiger partial charge in [-0.05, 0) is 68.4 Å². The monoisotopic (exact) mass is 275 g/mol. The number of likely N-dealkylation sites (tertiary alicyclic amines) is 1. The number of nitrogens with zero attached hydrogens (tertiary/aromatic N) is 1. The lowest BCUT2D eigenvalue weighted by Crippen LogP contribution is -2.59. The Balaban J connectivity index is 2.02. The Morgan fingerprint density at radius 3 is 3.15 bits per heavy atom. The van der Waals surface area contributed by atoms with Crippen molar-refractivity contribution in [2.24, 2.45) is 5.92 Å². The van der Waals surface area contributed by atoms with Crippen molar-refractivity contribution >= 4 is 0 Å². The van der Waals surface area contributed by atoms with Crippen LogP contribution in [-0.2, 0) is 11.8 Å². The Bertz CT molecular complexity index is 677. The number of rotatable bonds is 1. The third-order valence-corrected chi connectivity index (χ3v) is 5.61. The van der Waals surface area contributed by atoms with Gasteiger partial charge in [0.05, 0.1) is 7.11 Å². The van der Waals surface area contributed by atoms with Crippen molar-refractivity contribution < 1.29 is 10.2 Å². The molecule has 4 rings (SSSR count). The average molecular weight is 275 g/mol. The molecule has 2 aliphatic carbocycles. The fourth-order valence-electron chi connectivity index (χ4n) is 4.60. The SMILES string of the molecule is [2H]C1([2H])N(C)[C@H]2Cc3ccc(OC)cc3[C@@]3(CCCCC23)C1([2H])[2H]. The molecule has 1 aliphatic heterocycles. The van der Waals surface area contributed by atoms with Crippen LogP contribution in [0.3, 0.4) is 0 Å². The number of benzene rings is 1. The lowest BCUT2D eigenvalue weighted by molar-refractivity contribution is 0.00274. The van der Waals surface area contributed by atoms with Gasteiger partial charge in [0, 0.05) is 16.9 Å². The van der Waals surface area contributed by atoms with E-state index in [1.807, 2.05) is 12.1 Å². The van der Waals surface area contributed by atoms with Crippen LogP contribution in [0.4, 0.5) is 0 Å². The van der Waals surface area contributed by atoms with Gasteiger partial charge in [-0.1, -0.05) is 18.9 Å². The second kappa shape index (κ2) is 4.49. The minimum Gasteiger partial charge on any atom is -0.497 e. The van der Waals surface area contributed by atoms with Crippen LogP contribution in [-0.4, -0.2) is 31.6 Å². The first-order valence-electron chi connectivity index (χ1n) is 9.68. The van der Waals surface area contributed by atoms with Crippen molar-refractivity contribution in [3.05, 3.63) is 29.3 Å². The van der Waals surface area contributed by atoms with Crippen LogP contribution in [0, 0.1) is 5.92 Å². The number of ether oxygens (including phenoxy) is 1. The summed E-state index contributed by atoms with van der Waals surface area (Å²) in [6.45, 7) is -1.98. The van der Waals surface area contributed by atoms with Crippen LogP contribution in [0.25, 0.3) is 0 Å². The topological polar surface area (TPSA) is 12.5 Å². The van der Waals surface area contributed by atoms with E-state index < -0.39 is 18.3 Å². The minimum absolute atomic E-state index is 0.0602. The number of fused-ring (bicyclic) bond motifs is 1. The molecule has 0 amide bonds. The molecule has 2 heteroatoms. The first kappa shape index (κ1) is 9.09. The highest BCUT2D eigenvalue weighted by Crippen LogP contribution is 2.55. The van der Waals surface area contributed by atoms with E-state index in [2.05, 4.69) is 6.07 Å². The van der Waals surface area contributed by atoms with Gasteiger partial charge in [-0.3, -0.25) is 0 Å². The second-order valence-corrected chi connectivity index (χ2v) is 6.47. The molecule has 1 heterocycles. The first-order valence-corrected chi connectivity index (χ1v) is 7.68. The summed E-state index contributed by atoms with van der Waals surface area (Å²) in [6.07, 6.45) is 2.60. The fourth-order valence-corrected chi connectivity index (χ4v) is 4.60. The van der Waals surface area contributed by atoms with Gasteiger partial charge in [-0.2, -0.15) is 0 Å². The molecule has 2 nitrogen and oxygen atoms in total. The molecular weight excluding hydrogens is 246 g/mol. The largest absolute Gasteiger partial charge is 0.497 e. The Hall–Kier alpha value is -1.02. The highest BCUT2D eigenvalue weighted by molar-refractivity contribution is 5.45. The number of likely N-dealkylation sites (N-methyl/N-ethyl adjacent to an activating group) is 1. The van der Waals surface area contributed by atoms with Crippen LogP contribution < -0.4 is 4.74 Å². The van der Waals surface area contributed by atoms with Gasteiger partial charge in [0.1, 0.15) is 5.75 Å². The van der Waals surface area contributed by atoms with Crippen molar-refractivity contribution in [3.63, 3.8) is 0 Å². The summed E-state index contributed by atoms with van der Waals surface area (Å²) < 4.78 is 40.4. The molecule has 0 spiro atoms. The van der Waals surface area contributed by atoms with Crippen molar-refractivity contribution in [2.45, 2.75) is 49.9 Å². The van der Waals surface area contributed by atoms with Gasteiger partial charge >= 0.3 is 0 Å². The van der Waals surface area contributed by atoms with Crippen LogP contribution in [0.5, 0.6) is 5.75 Å². The Morgan fingerprint density at radius 2 is 2.30 bits per heavy atom. The van der Waals surface area contributed by atoms with Gasteiger partial charge < -0.3 is 9.64 Å². The van der Waals surface area contributed by atoms with Gasteiger partial charge in [-0.25, -0.2) is 0 Å². The van der Waals surface area contributed by atoms with Crippen molar-refractivity contribution in [1.82, 2.24) is 4.90 Å². The normalized spacial score (nSPS) is 44.1. The highest BCUT2D eigenvalue weighted by atomic mass is 16.5. The van der Waals surface area contributed by atoms with E-state index in [-0.39, 0.29) is 12.0 Å². The third-order valence-electron chi connectivity index (χ3n) is 5.61. The molecule has 20 heavy (non-hydrogen) atoms. The van der Waals surface area contributed by atoms with Crippen LogP contribution in [0.15, 0.2) is 18.2 Å². The summed E-state index contributed by atoms with van der Waals surface area (Å²) in [7, 11) is 3.39. The fraction of sp³-hybridized carbons (Fsp3) is 0.667. The Labute approximate surface area is 127 Å². The van der Waals surface area contributed by atoms with Crippen LogP contribution in [0.2, 0.25) is 0 Å². The Morgan fingerprint density at radius 1 is 1.40 bits per heavy atom. The lowest BCUT2D eigenvalue weighted by atomic mass is 9.52. The van der Waals surface area contributed by atoms with Gasteiger partial charge in [0.2, 0.25) is 0 Å². The zero-order valence-corrected chi connectivity index (χ0v) is 12.3. The third kappa shape index (κ3) is 1.60. The molecule has 0 aromatic heterocycles. The summed E-state index contributed by atoms with van der Waals surface area (Å²) in [5.41, 5.74) is 1.39. The standard InChI is InChI=1S/C18H25NO/c1-19-10-9-18-8-4-3-5-15(18)17(19)11-13-6-7-14(20-2)12-16(13)18/h6-7,12,15,17H,3-5,8-11H2,1-2H3/t15?,17-,18-/m0/s1/i9D2,10D2. The molecule has 0 N–H and O–H groups in total. The number of hydrogen-bond donors (Lipinski definition) is 0. The van der Waals surface area contributed by atoms with Gasteiger partial charge in [0.15, 0.2) is 0 Å². The van der Waals surface area contributed by atoms with E-state index in [1.165, 1.54) is 0 Å². The zero-order valence-electron chi connectivity index (χ0n) is 16.3. The number of methoxy groups -OCH3 is 1. The predicted octanol–water partition coefficient (Wildman–Crippen LogP) is 3.38. The molecule has 3 aliphatic rings. The summed E-state index contributed by atoms with van der Waals surface area (Å²) >= 11 is 0. The zero-order chi connectivity index (χ0) is 17.3. The maximum atomic E-state index is 8.92. The maximum Gasteiger partial charge on any atom is 0.119 e. The van der Waals surface area contributed by atoms with E-state index in [4.69, 9.17) is 10.2 Å². The number of hydrogen-bond acceptors (Lipinski definition) is 2. The minimum atomic E-state index is -1.98. The predicted molar refractivity (Wildman–Crippen MR) is 81.4 cm³/mol. The van der Waals surface area contributed by atoms with Crippen LogP contribution in [0.1, 0.15) is 48.7 Å². The smallest absolute Gasteiger partial charge is 0.119 e. The van der Waals surface area contributed by atoms with Gasteiger partial charge in [-0.15, -0.1) is 0 Å². The van der Waals surface area contributed by atoms with E-state index in [0.717, 1.165) is 42.6 Å². The van der Waals surface area contributed by atoms with E-state index in [0.29, 0.717) is 6.42 Å². The molecule has 1 aromatic carbocycles. The summed E-state index contributed by atoms with van der Waals surface area (Å²) in [5, 5.41) is 0. The molecule has 1 saturated heterocycles. The molecule has 1 unspecified atom stereocenters. The summed E-state index contributed by atoms with van der Waals surface area (Å²) in [6, 6.07) is 6.03. The first-order chi connectivity index (χ1) is 11.3. The molecular formula is C18H25NO. The number of piperidine rings is 1. The van der Waals surface area contributed by atoms with Crippen molar-refractivity contribution in [3.8, 4) is 5.75 Å². The van der Waals surface area contributed by atoms with E-state index in [9.17, 15) is 0 Å². The molecule has 0 radical (unpaired) electrons. The lowest BCUT2D eigenvalue weighted by Gasteiger charge is -2.58. The van der Waals surface area contributed by atoms with Gasteiger partial charge in [0.25, 0.3) is 0 Å². The van der Waals surface area contributed by atoms with Crippen molar-refractivity contribution in [1.29, 1.82) is 0 Å². The molecule has 108 valence electrons. The average Bonchev–Trinajstić information content (AvgIpc) is 2.58. The van der Waals surface area contributed by atoms with E-state index in [1.54, 1.807) is 19.1 Å². The Kier molecular flexibility index (Phi) is 2.04. The van der Waals surface area contributed by atoms with Crippen LogP contribution >= 0.6 is 0 Å².